The summed E-state index contributed by atoms with van der Waals surface area (Å²) < 4.78 is 7.15. The largest absolute Gasteiger partial charge is 0.471 e. The van der Waals surface area contributed by atoms with Crippen LogP contribution in [0.3, 0.4) is 0 Å². The molecule has 3 aromatic carbocycles. The van der Waals surface area contributed by atoms with Crippen molar-refractivity contribution in [3.63, 3.8) is 0 Å². The number of amides is 3. The summed E-state index contributed by atoms with van der Waals surface area (Å²) in [5, 5.41) is 7.49. The first kappa shape index (κ1) is 21.4. The van der Waals surface area contributed by atoms with Gasteiger partial charge in [-0.15, -0.1) is 0 Å². The van der Waals surface area contributed by atoms with Gasteiger partial charge in [0.2, 0.25) is 0 Å². The predicted octanol–water partition coefficient (Wildman–Crippen LogP) is 4.63. The Kier molecular flexibility index (Phi) is 5.57. The van der Waals surface area contributed by atoms with Crippen LogP contribution in [0.2, 0.25) is 5.02 Å². The second-order valence-corrected chi connectivity index (χ2v) is 7.93. The van der Waals surface area contributed by atoms with Gasteiger partial charge in [-0.3, -0.25) is 14.4 Å². The fourth-order valence-electron chi connectivity index (χ4n) is 3.61. The number of carbonyl (C=O) groups is 3. The number of carbonyl (C=O) groups excluding carboxylic acids is 3. The van der Waals surface area contributed by atoms with Crippen LogP contribution in [0.25, 0.3) is 0 Å². The first-order valence-corrected chi connectivity index (χ1v) is 10.7. The molecule has 0 saturated heterocycles. The second kappa shape index (κ2) is 8.84. The average Bonchev–Trinajstić information content (AvgIpc) is 3.40. The van der Waals surface area contributed by atoms with Crippen molar-refractivity contribution in [1.82, 2.24) is 9.78 Å². The van der Waals surface area contributed by atoms with Gasteiger partial charge < -0.3 is 10.1 Å². The predicted molar refractivity (Wildman–Crippen MR) is 126 cm³/mol. The minimum Gasteiger partial charge on any atom is -0.471 e. The van der Waals surface area contributed by atoms with E-state index in [2.05, 4.69) is 10.4 Å². The number of imide groups is 1. The Labute approximate surface area is 199 Å². The smallest absolute Gasteiger partial charge is 0.266 e. The molecule has 1 aromatic heterocycles. The molecule has 3 amide bonds. The molecule has 0 atom stereocenters. The van der Waals surface area contributed by atoms with Crippen LogP contribution < -0.4 is 15.0 Å². The van der Waals surface area contributed by atoms with E-state index in [-0.39, 0.29) is 12.3 Å². The Morgan fingerprint density at radius 2 is 1.68 bits per heavy atom. The normalized spacial score (nSPS) is 12.6. The molecule has 1 aliphatic heterocycles. The molecule has 2 heterocycles. The topological polar surface area (TPSA) is 93.5 Å². The van der Waals surface area contributed by atoms with Gasteiger partial charge >= 0.3 is 0 Å². The van der Waals surface area contributed by atoms with Crippen LogP contribution in [-0.4, -0.2) is 27.5 Å². The quantitative estimate of drug-likeness (QED) is 0.413. The number of anilines is 2. The number of aromatic nitrogens is 2. The van der Waals surface area contributed by atoms with E-state index in [4.69, 9.17) is 16.3 Å². The number of nitrogens with zero attached hydrogens (tertiary/aromatic N) is 3. The van der Waals surface area contributed by atoms with Crippen LogP contribution >= 0.6 is 11.6 Å². The molecular formula is C25H17ClN4O4. The summed E-state index contributed by atoms with van der Waals surface area (Å²) >= 11 is 5.95. The first-order valence-electron chi connectivity index (χ1n) is 10.3. The molecule has 0 bridgehead atoms. The maximum Gasteiger partial charge on any atom is 0.266 e. The zero-order valence-corrected chi connectivity index (χ0v) is 18.4. The molecular weight excluding hydrogens is 456 g/mol. The van der Waals surface area contributed by atoms with Crippen molar-refractivity contribution in [2.75, 3.05) is 10.2 Å². The minimum absolute atomic E-state index is 0.130. The first-order chi connectivity index (χ1) is 16.5. The summed E-state index contributed by atoms with van der Waals surface area (Å²) in [7, 11) is 0. The maximum atomic E-state index is 12.8. The maximum absolute atomic E-state index is 12.8. The standard InChI is InChI=1S/C25H17ClN4O4/c26-17-6-4-8-20(12-17)34-15-29-14-18(13-27-29)28-23(31)16-5-3-7-19(11-16)30-24(32)21-9-1-2-10-22(21)25(30)33/h1-14H,15H2,(H,28,31). The fraction of sp³-hybridized carbons (Fsp3) is 0.0400. The van der Waals surface area contributed by atoms with Crippen LogP contribution in [0.1, 0.15) is 31.1 Å². The Morgan fingerprint density at radius 1 is 0.941 bits per heavy atom. The highest BCUT2D eigenvalue weighted by atomic mass is 35.5. The van der Waals surface area contributed by atoms with Gasteiger partial charge in [-0.2, -0.15) is 5.10 Å². The van der Waals surface area contributed by atoms with Gasteiger partial charge in [0.1, 0.15) is 5.75 Å². The average molecular weight is 473 g/mol. The van der Waals surface area contributed by atoms with Crippen LogP contribution in [-0.2, 0) is 6.73 Å². The van der Waals surface area contributed by atoms with E-state index < -0.39 is 17.7 Å². The molecule has 0 unspecified atom stereocenters. The van der Waals surface area contributed by atoms with Gasteiger partial charge in [-0.25, -0.2) is 9.58 Å². The van der Waals surface area contributed by atoms with Gasteiger partial charge in [0.15, 0.2) is 6.73 Å². The van der Waals surface area contributed by atoms with Gasteiger partial charge in [0.25, 0.3) is 17.7 Å². The zero-order valence-electron chi connectivity index (χ0n) is 17.6. The number of fused-ring (bicyclic) bond motifs is 1. The number of benzene rings is 3. The van der Waals surface area contributed by atoms with Gasteiger partial charge in [-0.1, -0.05) is 35.9 Å². The summed E-state index contributed by atoms with van der Waals surface area (Å²) in [6, 6.07) is 20.0. The number of hydrogen-bond acceptors (Lipinski definition) is 5. The van der Waals surface area contributed by atoms with Gasteiger partial charge in [-0.05, 0) is 48.5 Å². The highest BCUT2D eigenvalue weighted by Gasteiger charge is 2.36. The van der Waals surface area contributed by atoms with Gasteiger partial charge in [0, 0.05) is 10.6 Å². The van der Waals surface area contributed by atoms with Crippen molar-refractivity contribution in [3.8, 4) is 5.75 Å². The summed E-state index contributed by atoms with van der Waals surface area (Å²) in [5.74, 6) is -0.648. The third kappa shape index (κ3) is 4.14. The molecule has 0 spiro atoms. The number of ether oxygens (including phenoxy) is 1. The van der Waals surface area contributed by atoms with Gasteiger partial charge in [0.05, 0.1) is 34.9 Å². The van der Waals surface area contributed by atoms with Crippen molar-refractivity contribution >= 4 is 40.7 Å². The Balaban J connectivity index is 1.27. The number of hydrogen-bond donors (Lipinski definition) is 1. The molecule has 8 nitrogen and oxygen atoms in total. The van der Waals surface area contributed by atoms with Crippen LogP contribution in [0.5, 0.6) is 5.75 Å². The van der Waals surface area contributed by atoms with Crippen LogP contribution in [0.4, 0.5) is 11.4 Å². The van der Waals surface area contributed by atoms with Crippen molar-refractivity contribution in [1.29, 1.82) is 0 Å². The second-order valence-electron chi connectivity index (χ2n) is 7.50. The summed E-state index contributed by atoms with van der Waals surface area (Å²) in [5.41, 5.74) is 1.76. The van der Waals surface area contributed by atoms with Crippen LogP contribution in [0.15, 0.2) is 85.2 Å². The van der Waals surface area contributed by atoms with E-state index in [1.807, 2.05) is 0 Å². The zero-order chi connectivity index (χ0) is 23.7. The molecule has 0 fully saturated rings. The molecule has 168 valence electrons. The Hall–Kier alpha value is -4.43. The summed E-state index contributed by atoms with van der Waals surface area (Å²) in [6.07, 6.45) is 3.11. The lowest BCUT2D eigenvalue weighted by molar-refractivity contribution is 0.0924. The molecule has 1 N–H and O–H groups in total. The lowest BCUT2D eigenvalue weighted by Crippen LogP contribution is -2.29. The molecule has 0 saturated carbocycles. The van der Waals surface area contributed by atoms with E-state index in [9.17, 15) is 14.4 Å². The lowest BCUT2D eigenvalue weighted by atomic mass is 10.1. The number of halogens is 1. The third-order valence-electron chi connectivity index (χ3n) is 5.21. The molecule has 1 aliphatic rings. The molecule has 34 heavy (non-hydrogen) atoms. The van der Waals surface area contributed by atoms with E-state index >= 15 is 0 Å². The SMILES string of the molecule is O=C(Nc1cnn(COc2cccc(Cl)c2)c1)c1cccc(N2C(=O)c3ccccc3C2=O)c1. The van der Waals surface area contributed by atoms with E-state index in [0.717, 1.165) is 4.90 Å². The Morgan fingerprint density at radius 3 is 2.41 bits per heavy atom. The molecule has 0 radical (unpaired) electrons. The lowest BCUT2D eigenvalue weighted by Gasteiger charge is -2.15. The summed E-state index contributed by atoms with van der Waals surface area (Å²) in [4.78, 5) is 39.4. The van der Waals surface area contributed by atoms with Crippen molar-refractivity contribution in [2.45, 2.75) is 6.73 Å². The number of nitrogens with one attached hydrogen (secondary N) is 1. The third-order valence-corrected chi connectivity index (χ3v) is 5.45. The van der Waals surface area contributed by atoms with E-state index in [0.29, 0.717) is 33.3 Å². The monoisotopic (exact) mass is 472 g/mol. The fourth-order valence-corrected chi connectivity index (χ4v) is 3.79. The molecule has 9 heteroatoms. The molecule has 0 aliphatic carbocycles. The highest BCUT2D eigenvalue weighted by molar-refractivity contribution is 6.34. The summed E-state index contributed by atoms with van der Waals surface area (Å²) in [6.45, 7) is 0.130. The van der Waals surface area contributed by atoms with E-state index in [1.54, 1.807) is 72.9 Å². The Bertz CT molecular complexity index is 1400. The van der Waals surface area contributed by atoms with Crippen molar-refractivity contribution < 1.29 is 19.1 Å². The van der Waals surface area contributed by atoms with Crippen LogP contribution in [0, 0.1) is 0 Å². The highest BCUT2D eigenvalue weighted by Crippen LogP contribution is 2.29. The van der Waals surface area contributed by atoms with Crippen molar-refractivity contribution in [3.05, 3.63) is 107 Å². The minimum atomic E-state index is -0.417. The van der Waals surface area contributed by atoms with Crippen molar-refractivity contribution in [2.24, 2.45) is 0 Å². The number of rotatable bonds is 6. The molecule has 5 rings (SSSR count). The van der Waals surface area contributed by atoms with E-state index in [1.165, 1.54) is 16.9 Å². The molecule has 4 aromatic rings.